The number of hydrogen-bond donors (Lipinski definition) is 1. The third-order valence-electron chi connectivity index (χ3n) is 3.52. The maximum atomic E-state index is 12.1. The molecule has 0 saturated carbocycles. The second-order valence-electron chi connectivity index (χ2n) is 4.92. The number of ether oxygens (including phenoxy) is 2. The van der Waals surface area contributed by atoms with Gasteiger partial charge in [0.25, 0.3) is 10.2 Å². The van der Waals surface area contributed by atoms with E-state index >= 15 is 0 Å². The van der Waals surface area contributed by atoms with Crippen molar-refractivity contribution < 1.29 is 17.9 Å². The molecule has 2 heterocycles. The van der Waals surface area contributed by atoms with Crippen LogP contribution in [0.5, 0.6) is 5.75 Å². The minimum atomic E-state index is -3.43. The normalized spacial score (nSPS) is 23.3. The zero-order chi connectivity index (χ0) is 14.0. The number of rotatable bonds is 4. The summed E-state index contributed by atoms with van der Waals surface area (Å²) in [5.41, 5.74) is 1.13. The lowest BCUT2D eigenvalue weighted by atomic mass is 10.1. The first kappa shape index (κ1) is 13.8. The molecule has 2 aliphatic heterocycles. The van der Waals surface area contributed by atoms with Gasteiger partial charge >= 0.3 is 0 Å². The Balaban J connectivity index is 1.55. The molecule has 0 spiro atoms. The minimum Gasteiger partial charge on any atom is -0.488 e. The molecule has 1 fully saturated rings. The van der Waals surface area contributed by atoms with Gasteiger partial charge in [-0.1, -0.05) is 18.2 Å². The SMILES string of the molecule is O=S(=O)(NC[C@@H]1Cc2ccccc2O1)N1CCOCC1. The van der Waals surface area contributed by atoms with Crippen LogP contribution in [-0.2, 0) is 21.4 Å². The molecule has 110 valence electrons. The molecule has 0 amide bonds. The molecule has 6 nitrogen and oxygen atoms in total. The van der Waals surface area contributed by atoms with Crippen molar-refractivity contribution in [1.82, 2.24) is 9.03 Å². The van der Waals surface area contributed by atoms with Gasteiger partial charge in [0.05, 0.1) is 13.2 Å². The first-order valence-corrected chi connectivity index (χ1v) is 8.16. The lowest BCUT2D eigenvalue weighted by molar-refractivity contribution is 0.0723. The Labute approximate surface area is 118 Å². The topological polar surface area (TPSA) is 67.9 Å². The van der Waals surface area contributed by atoms with Crippen LogP contribution in [0.25, 0.3) is 0 Å². The summed E-state index contributed by atoms with van der Waals surface area (Å²) in [6.07, 6.45) is 0.602. The number of benzene rings is 1. The van der Waals surface area contributed by atoms with Crippen LogP contribution in [0.15, 0.2) is 24.3 Å². The zero-order valence-corrected chi connectivity index (χ0v) is 11.9. The molecule has 2 aliphatic rings. The first-order chi connectivity index (χ1) is 9.65. The van der Waals surface area contributed by atoms with E-state index in [9.17, 15) is 8.42 Å². The highest BCUT2D eigenvalue weighted by atomic mass is 32.2. The number of hydrogen-bond acceptors (Lipinski definition) is 4. The monoisotopic (exact) mass is 298 g/mol. The van der Waals surface area contributed by atoms with Crippen molar-refractivity contribution in [2.45, 2.75) is 12.5 Å². The Morgan fingerprint density at radius 1 is 1.25 bits per heavy atom. The zero-order valence-electron chi connectivity index (χ0n) is 11.1. The van der Waals surface area contributed by atoms with E-state index in [1.54, 1.807) is 0 Å². The molecular formula is C13H18N2O4S. The van der Waals surface area contributed by atoms with Crippen LogP contribution in [0.1, 0.15) is 5.56 Å². The van der Waals surface area contributed by atoms with E-state index in [2.05, 4.69) is 4.72 Å². The lowest BCUT2D eigenvalue weighted by Gasteiger charge is -2.26. The van der Waals surface area contributed by atoms with Crippen molar-refractivity contribution >= 4 is 10.2 Å². The molecule has 1 atom stereocenters. The third kappa shape index (κ3) is 2.95. The van der Waals surface area contributed by atoms with Crippen LogP contribution in [0, 0.1) is 0 Å². The van der Waals surface area contributed by atoms with E-state index in [0.29, 0.717) is 26.3 Å². The molecule has 1 N–H and O–H groups in total. The fourth-order valence-electron chi connectivity index (χ4n) is 2.44. The maximum absolute atomic E-state index is 12.1. The summed E-state index contributed by atoms with van der Waals surface area (Å²) in [5, 5.41) is 0. The summed E-state index contributed by atoms with van der Waals surface area (Å²) in [5.74, 6) is 0.850. The number of nitrogens with one attached hydrogen (secondary N) is 1. The van der Waals surface area contributed by atoms with Gasteiger partial charge < -0.3 is 9.47 Å². The molecule has 1 aromatic carbocycles. The van der Waals surface area contributed by atoms with Gasteiger partial charge in [-0.2, -0.15) is 17.4 Å². The highest BCUT2D eigenvalue weighted by Gasteiger charge is 2.27. The molecular weight excluding hydrogens is 280 g/mol. The lowest BCUT2D eigenvalue weighted by Crippen LogP contribution is -2.48. The van der Waals surface area contributed by atoms with E-state index in [1.165, 1.54) is 4.31 Å². The molecule has 0 bridgehead atoms. The molecule has 1 aromatic rings. The van der Waals surface area contributed by atoms with E-state index in [4.69, 9.17) is 9.47 Å². The predicted octanol–water partition coefficient (Wildman–Crippen LogP) is 0.157. The van der Waals surface area contributed by atoms with Gasteiger partial charge in [0, 0.05) is 26.1 Å². The van der Waals surface area contributed by atoms with E-state index < -0.39 is 10.2 Å². The number of morpholine rings is 1. The predicted molar refractivity (Wildman–Crippen MR) is 73.9 cm³/mol. The smallest absolute Gasteiger partial charge is 0.279 e. The van der Waals surface area contributed by atoms with Crippen molar-refractivity contribution in [3.05, 3.63) is 29.8 Å². The van der Waals surface area contributed by atoms with Crippen molar-refractivity contribution in [2.24, 2.45) is 0 Å². The Hall–Kier alpha value is -1.15. The van der Waals surface area contributed by atoms with Gasteiger partial charge in [0.1, 0.15) is 11.9 Å². The Bertz CT molecular complexity index is 544. The molecule has 20 heavy (non-hydrogen) atoms. The standard InChI is InChI=1S/C13H18N2O4S/c16-20(17,15-5-7-18-8-6-15)14-10-12-9-11-3-1-2-4-13(11)19-12/h1-4,12,14H,5-10H2/t12-/m0/s1. The second kappa shape index (κ2) is 5.69. The largest absolute Gasteiger partial charge is 0.488 e. The van der Waals surface area contributed by atoms with E-state index in [0.717, 1.165) is 17.7 Å². The summed E-state index contributed by atoms with van der Waals surface area (Å²) in [6.45, 7) is 2.00. The van der Waals surface area contributed by atoms with Crippen LogP contribution in [0.3, 0.4) is 0 Å². The van der Waals surface area contributed by atoms with Gasteiger partial charge in [-0.15, -0.1) is 0 Å². The fraction of sp³-hybridized carbons (Fsp3) is 0.538. The Morgan fingerprint density at radius 3 is 2.75 bits per heavy atom. The highest BCUT2D eigenvalue weighted by molar-refractivity contribution is 7.87. The average Bonchev–Trinajstić information content (AvgIpc) is 2.89. The second-order valence-corrected chi connectivity index (χ2v) is 6.67. The van der Waals surface area contributed by atoms with Gasteiger partial charge in [-0.25, -0.2) is 0 Å². The number of para-hydroxylation sites is 1. The van der Waals surface area contributed by atoms with Gasteiger partial charge in [-0.05, 0) is 11.6 Å². The number of fused-ring (bicyclic) bond motifs is 1. The van der Waals surface area contributed by atoms with Crippen LogP contribution >= 0.6 is 0 Å². The van der Waals surface area contributed by atoms with E-state index in [1.807, 2.05) is 24.3 Å². The summed E-state index contributed by atoms with van der Waals surface area (Å²) in [4.78, 5) is 0. The van der Waals surface area contributed by atoms with Gasteiger partial charge in [0.15, 0.2) is 0 Å². The Morgan fingerprint density at radius 2 is 2.00 bits per heavy atom. The Kier molecular flexibility index (Phi) is 3.93. The molecule has 0 unspecified atom stereocenters. The molecule has 0 aromatic heterocycles. The van der Waals surface area contributed by atoms with Crippen molar-refractivity contribution in [1.29, 1.82) is 0 Å². The molecule has 0 radical (unpaired) electrons. The molecule has 3 rings (SSSR count). The van der Waals surface area contributed by atoms with Crippen molar-refractivity contribution in [3.63, 3.8) is 0 Å². The molecule has 0 aliphatic carbocycles. The van der Waals surface area contributed by atoms with Crippen molar-refractivity contribution in [2.75, 3.05) is 32.8 Å². The van der Waals surface area contributed by atoms with Gasteiger partial charge in [-0.3, -0.25) is 0 Å². The quantitative estimate of drug-likeness (QED) is 0.859. The summed E-state index contributed by atoms with van der Waals surface area (Å²) in [6, 6.07) is 7.79. The van der Waals surface area contributed by atoms with E-state index in [-0.39, 0.29) is 12.6 Å². The average molecular weight is 298 g/mol. The summed E-state index contributed by atoms with van der Waals surface area (Å²) >= 11 is 0. The van der Waals surface area contributed by atoms with Crippen LogP contribution in [-0.4, -0.2) is 51.7 Å². The maximum Gasteiger partial charge on any atom is 0.279 e. The highest BCUT2D eigenvalue weighted by Crippen LogP contribution is 2.27. The van der Waals surface area contributed by atoms with Crippen LogP contribution in [0.4, 0.5) is 0 Å². The van der Waals surface area contributed by atoms with Gasteiger partial charge in [0.2, 0.25) is 0 Å². The fourth-order valence-corrected chi connectivity index (χ4v) is 3.65. The minimum absolute atomic E-state index is 0.136. The molecule has 7 heteroatoms. The molecule has 1 saturated heterocycles. The van der Waals surface area contributed by atoms with Crippen molar-refractivity contribution in [3.8, 4) is 5.75 Å². The summed E-state index contributed by atoms with van der Waals surface area (Å²) in [7, 11) is -3.43. The first-order valence-electron chi connectivity index (χ1n) is 6.72. The third-order valence-corrected chi connectivity index (χ3v) is 5.09. The number of nitrogens with zero attached hydrogens (tertiary/aromatic N) is 1. The summed E-state index contributed by atoms with van der Waals surface area (Å²) < 4.78 is 39.2. The van der Waals surface area contributed by atoms with Crippen LogP contribution in [0.2, 0.25) is 0 Å². The van der Waals surface area contributed by atoms with Crippen LogP contribution < -0.4 is 9.46 Å².